The van der Waals surface area contributed by atoms with E-state index in [9.17, 15) is 18.8 Å². The highest BCUT2D eigenvalue weighted by molar-refractivity contribution is 6.33. The molecule has 1 aliphatic heterocycles. The highest BCUT2D eigenvalue weighted by Crippen LogP contribution is 2.27. The van der Waals surface area contributed by atoms with Gasteiger partial charge in [0.2, 0.25) is 5.91 Å². The third kappa shape index (κ3) is 6.56. The summed E-state index contributed by atoms with van der Waals surface area (Å²) < 4.78 is 20.0. The molecule has 4 rings (SSSR count). The van der Waals surface area contributed by atoms with E-state index in [0.717, 1.165) is 5.56 Å². The van der Waals surface area contributed by atoms with E-state index < -0.39 is 24.4 Å². The molecule has 1 aliphatic rings. The van der Waals surface area contributed by atoms with Gasteiger partial charge in [-0.2, -0.15) is 0 Å². The van der Waals surface area contributed by atoms with Crippen molar-refractivity contribution in [3.8, 4) is 5.75 Å². The lowest BCUT2D eigenvalue weighted by atomic mass is 10.1. The van der Waals surface area contributed by atoms with Gasteiger partial charge >= 0.3 is 12.0 Å². The van der Waals surface area contributed by atoms with E-state index in [1.807, 2.05) is 25.1 Å². The van der Waals surface area contributed by atoms with Gasteiger partial charge in [-0.3, -0.25) is 4.79 Å². The summed E-state index contributed by atoms with van der Waals surface area (Å²) in [5.74, 6) is -1.08. The molecule has 1 saturated heterocycles. The van der Waals surface area contributed by atoms with Gasteiger partial charge in [0.05, 0.1) is 29.2 Å². The van der Waals surface area contributed by atoms with Gasteiger partial charge in [-0.05, 0) is 60.5 Å². The van der Waals surface area contributed by atoms with E-state index in [1.165, 1.54) is 29.2 Å². The number of aromatic carboxylic acids is 1. The number of nitrogens with one attached hydrogen (secondary N) is 2. The van der Waals surface area contributed by atoms with Crippen molar-refractivity contribution >= 4 is 40.9 Å². The average molecular weight is 526 g/mol. The summed E-state index contributed by atoms with van der Waals surface area (Å²) in [5, 5.41) is 14.7. The van der Waals surface area contributed by atoms with Crippen LogP contribution in [-0.2, 0) is 11.2 Å². The van der Waals surface area contributed by atoms with Gasteiger partial charge in [0.1, 0.15) is 11.9 Å². The molecule has 2 atom stereocenters. The van der Waals surface area contributed by atoms with Gasteiger partial charge in [0.25, 0.3) is 0 Å². The first kappa shape index (κ1) is 26.0. The minimum absolute atomic E-state index is 0.00599. The van der Waals surface area contributed by atoms with E-state index in [4.69, 9.17) is 21.4 Å². The summed E-state index contributed by atoms with van der Waals surface area (Å²) in [5.41, 5.74) is 2.64. The van der Waals surface area contributed by atoms with E-state index in [-0.39, 0.29) is 35.9 Å². The molecular weight excluding hydrogens is 501 g/mol. The Kier molecular flexibility index (Phi) is 7.93. The average Bonchev–Trinajstić information content (AvgIpc) is 3.22. The number of alkyl halides is 1. The Hall–Kier alpha value is -4.11. The number of carbonyl (C=O) groups excluding carboxylic acids is 2. The Bertz CT molecular complexity index is 1320. The van der Waals surface area contributed by atoms with Gasteiger partial charge in [0.15, 0.2) is 6.23 Å². The molecule has 3 aromatic carbocycles. The third-order valence-corrected chi connectivity index (χ3v) is 6.24. The molecule has 1 heterocycles. The summed E-state index contributed by atoms with van der Waals surface area (Å²) >= 11 is 6.35. The van der Waals surface area contributed by atoms with Gasteiger partial charge in [-0.1, -0.05) is 35.9 Å². The predicted molar refractivity (Wildman–Crippen MR) is 138 cm³/mol. The van der Waals surface area contributed by atoms with E-state index in [1.54, 1.807) is 24.3 Å². The van der Waals surface area contributed by atoms with Gasteiger partial charge in [0, 0.05) is 12.1 Å². The molecule has 0 radical (unpaired) electrons. The van der Waals surface area contributed by atoms with Crippen molar-refractivity contribution in [2.75, 3.05) is 17.2 Å². The summed E-state index contributed by atoms with van der Waals surface area (Å²) in [7, 11) is 0. The fraction of sp³-hybridized carbons (Fsp3) is 0.222. The Morgan fingerprint density at radius 2 is 1.76 bits per heavy atom. The predicted octanol–water partition coefficient (Wildman–Crippen LogP) is 5.51. The molecule has 192 valence electrons. The summed E-state index contributed by atoms with van der Waals surface area (Å²) in [6, 6.07) is 17.4. The number of carboxylic acids is 1. The van der Waals surface area contributed by atoms with Crippen LogP contribution >= 0.6 is 11.6 Å². The standard InChI is InChI=1S/C27H25ClFN3O5/c1-16-4-2-3-5-22(16)30-27(36)31-23-11-6-17(12-21(23)28)13-24(33)32-15-19(29)14-25(32)37-20-9-7-18(8-10-20)26(34)35/h2-12,19,25H,13-15H2,1H3,(H,34,35)(H2,30,31,36)/t19-,25+/m0/s1. The molecular formula is C27H25ClFN3O5. The zero-order valence-electron chi connectivity index (χ0n) is 19.9. The summed E-state index contributed by atoms with van der Waals surface area (Å²) in [6.45, 7) is 1.77. The molecule has 0 aromatic heterocycles. The first-order valence-electron chi connectivity index (χ1n) is 11.5. The molecule has 3 N–H and O–H groups in total. The number of carboxylic acid groups (broad SMARTS) is 1. The quantitative estimate of drug-likeness (QED) is 0.377. The number of rotatable bonds is 7. The Labute approximate surface area is 218 Å². The van der Waals surface area contributed by atoms with Crippen LogP contribution in [0.2, 0.25) is 5.02 Å². The van der Waals surface area contributed by atoms with Crippen LogP contribution in [0.4, 0.5) is 20.6 Å². The second-order valence-electron chi connectivity index (χ2n) is 8.67. The number of halogens is 2. The van der Waals surface area contributed by atoms with Crippen LogP contribution in [0.5, 0.6) is 5.75 Å². The fourth-order valence-corrected chi connectivity index (χ4v) is 4.24. The SMILES string of the molecule is Cc1ccccc1NC(=O)Nc1ccc(CC(=O)N2C[C@@H](F)C[C@H]2Oc2ccc(C(=O)O)cc2)cc1Cl. The molecule has 0 saturated carbocycles. The number of hydrogen-bond donors (Lipinski definition) is 3. The second kappa shape index (κ2) is 11.3. The van der Waals surface area contributed by atoms with Crippen LogP contribution in [0.15, 0.2) is 66.7 Å². The number of ether oxygens (including phenoxy) is 1. The van der Waals surface area contributed by atoms with Crippen LogP contribution in [0, 0.1) is 6.92 Å². The number of amides is 3. The van der Waals surface area contributed by atoms with Crippen molar-refractivity contribution in [2.45, 2.75) is 32.2 Å². The number of hydrogen-bond acceptors (Lipinski definition) is 4. The monoisotopic (exact) mass is 525 g/mol. The third-order valence-electron chi connectivity index (χ3n) is 5.92. The second-order valence-corrected chi connectivity index (χ2v) is 9.07. The van der Waals surface area contributed by atoms with Crippen molar-refractivity contribution in [1.29, 1.82) is 0 Å². The zero-order chi connectivity index (χ0) is 26.5. The van der Waals surface area contributed by atoms with Crippen LogP contribution in [0.25, 0.3) is 0 Å². The van der Waals surface area contributed by atoms with Gasteiger partial charge < -0.3 is 25.4 Å². The maximum absolute atomic E-state index is 14.2. The zero-order valence-corrected chi connectivity index (χ0v) is 20.7. The highest BCUT2D eigenvalue weighted by atomic mass is 35.5. The number of benzene rings is 3. The molecule has 3 amide bonds. The van der Waals surface area contributed by atoms with E-state index >= 15 is 0 Å². The number of nitrogens with zero attached hydrogens (tertiary/aromatic N) is 1. The van der Waals surface area contributed by atoms with E-state index in [0.29, 0.717) is 22.7 Å². The molecule has 3 aromatic rings. The smallest absolute Gasteiger partial charge is 0.335 e. The Morgan fingerprint density at radius 1 is 1.05 bits per heavy atom. The lowest BCUT2D eigenvalue weighted by Crippen LogP contribution is -2.40. The van der Waals surface area contributed by atoms with Crippen LogP contribution in [-0.4, -0.2) is 46.9 Å². The van der Waals surface area contributed by atoms with Crippen molar-refractivity contribution in [3.63, 3.8) is 0 Å². The van der Waals surface area contributed by atoms with E-state index in [2.05, 4.69) is 10.6 Å². The number of anilines is 2. The molecule has 0 spiro atoms. The lowest BCUT2D eigenvalue weighted by molar-refractivity contribution is -0.136. The summed E-state index contributed by atoms with van der Waals surface area (Å²) in [6.07, 6.45) is -2.10. The van der Waals surface area contributed by atoms with Crippen molar-refractivity contribution in [3.05, 3.63) is 88.4 Å². The van der Waals surface area contributed by atoms with Crippen LogP contribution in [0.1, 0.15) is 27.9 Å². The Morgan fingerprint density at radius 3 is 2.43 bits per heavy atom. The molecule has 0 unspecified atom stereocenters. The van der Waals surface area contributed by atoms with Crippen molar-refractivity contribution in [1.82, 2.24) is 4.90 Å². The molecule has 1 fully saturated rings. The Balaban J connectivity index is 1.38. The maximum Gasteiger partial charge on any atom is 0.335 e. The largest absolute Gasteiger partial charge is 0.478 e. The summed E-state index contributed by atoms with van der Waals surface area (Å²) in [4.78, 5) is 37.7. The van der Waals surface area contributed by atoms with Gasteiger partial charge in [-0.15, -0.1) is 0 Å². The number of para-hydroxylation sites is 1. The van der Waals surface area contributed by atoms with Crippen molar-refractivity contribution < 1.29 is 28.6 Å². The van der Waals surface area contributed by atoms with Gasteiger partial charge in [-0.25, -0.2) is 14.0 Å². The first-order valence-corrected chi connectivity index (χ1v) is 11.9. The molecule has 0 aliphatic carbocycles. The number of urea groups is 1. The minimum Gasteiger partial charge on any atom is -0.478 e. The van der Waals surface area contributed by atoms with Crippen LogP contribution < -0.4 is 15.4 Å². The lowest BCUT2D eigenvalue weighted by Gasteiger charge is -2.25. The maximum atomic E-state index is 14.2. The minimum atomic E-state index is -1.24. The molecule has 0 bridgehead atoms. The molecule has 37 heavy (non-hydrogen) atoms. The number of carbonyl (C=O) groups is 3. The molecule has 8 nitrogen and oxygen atoms in total. The van der Waals surface area contributed by atoms with Crippen molar-refractivity contribution in [2.24, 2.45) is 0 Å². The molecule has 10 heteroatoms. The first-order chi connectivity index (χ1) is 17.7. The number of likely N-dealkylation sites (tertiary alicyclic amines) is 1. The van der Waals surface area contributed by atoms with Crippen LogP contribution in [0.3, 0.4) is 0 Å². The topological polar surface area (TPSA) is 108 Å². The normalized spacial score (nSPS) is 16.8. The highest BCUT2D eigenvalue weighted by Gasteiger charge is 2.37. The number of aryl methyl sites for hydroxylation is 1. The fourth-order valence-electron chi connectivity index (χ4n) is 3.99.